The average molecular weight is 266 g/mol. The molecule has 1 fully saturated rings. The van der Waals surface area contributed by atoms with Crippen molar-refractivity contribution in [2.75, 3.05) is 34.0 Å². The average Bonchev–Trinajstić information content (AvgIpc) is 2.42. The number of rotatable bonds is 6. The van der Waals surface area contributed by atoms with E-state index in [0.717, 1.165) is 23.5 Å². The minimum atomic E-state index is -0.138. The van der Waals surface area contributed by atoms with E-state index in [1.165, 1.54) is 0 Å². The van der Waals surface area contributed by atoms with Crippen molar-refractivity contribution < 1.29 is 19.3 Å². The maximum atomic E-state index is 9.63. The van der Waals surface area contributed by atoms with Crippen LogP contribution in [0.3, 0.4) is 0 Å². The van der Waals surface area contributed by atoms with Gasteiger partial charge >= 0.3 is 0 Å². The van der Waals surface area contributed by atoms with E-state index >= 15 is 0 Å². The molecule has 106 valence electrons. The Labute approximate surface area is 114 Å². The van der Waals surface area contributed by atoms with Crippen molar-refractivity contribution in [2.45, 2.75) is 18.8 Å². The molecule has 19 heavy (non-hydrogen) atoms. The molecule has 1 saturated heterocycles. The fraction of sp³-hybridized carbons (Fsp3) is 0.600. The van der Waals surface area contributed by atoms with Crippen molar-refractivity contribution in [1.82, 2.24) is 0 Å². The van der Waals surface area contributed by atoms with Crippen LogP contribution in [0.4, 0.5) is 0 Å². The van der Waals surface area contributed by atoms with Crippen molar-refractivity contribution in [3.8, 4) is 11.5 Å². The SMILES string of the molecule is CCC(CO)C1(c2ccc(OC)cc2OC)COC1. The molecule has 0 spiro atoms. The first-order chi connectivity index (χ1) is 9.21. The zero-order valence-corrected chi connectivity index (χ0v) is 11.8. The van der Waals surface area contributed by atoms with Gasteiger partial charge in [0.25, 0.3) is 0 Å². The Bertz CT molecular complexity index is 422. The van der Waals surface area contributed by atoms with Crippen LogP contribution >= 0.6 is 0 Å². The van der Waals surface area contributed by atoms with Crippen molar-refractivity contribution in [1.29, 1.82) is 0 Å². The number of hydrogen-bond acceptors (Lipinski definition) is 4. The number of aliphatic hydroxyl groups excluding tert-OH is 1. The van der Waals surface area contributed by atoms with Crippen molar-refractivity contribution in [3.63, 3.8) is 0 Å². The molecular weight excluding hydrogens is 244 g/mol. The Morgan fingerprint density at radius 1 is 1.32 bits per heavy atom. The van der Waals surface area contributed by atoms with E-state index in [1.54, 1.807) is 14.2 Å². The maximum absolute atomic E-state index is 9.63. The van der Waals surface area contributed by atoms with Crippen molar-refractivity contribution in [2.24, 2.45) is 5.92 Å². The molecule has 1 heterocycles. The Balaban J connectivity index is 2.43. The van der Waals surface area contributed by atoms with Gasteiger partial charge < -0.3 is 19.3 Å². The van der Waals surface area contributed by atoms with Gasteiger partial charge in [-0.1, -0.05) is 19.4 Å². The molecule has 1 N–H and O–H groups in total. The minimum absolute atomic E-state index is 0.138. The summed E-state index contributed by atoms with van der Waals surface area (Å²) in [4.78, 5) is 0. The standard InChI is InChI=1S/C15H22O4/c1-4-11(8-16)15(9-19-10-15)13-6-5-12(17-2)7-14(13)18-3/h5-7,11,16H,4,8-10H2,1-3H3. The molecule has 1 aliphatic heterocycles. The monoisotopic (exact) mass is 266 g/mol. The van der Waals surface area contributed by atoms with Crippen LogP contribution in [0.5, 0.6) is 11.5 Å². The fourth-order valence-corrected chi connectivity index (χ4v) is 2.84. The summed E-state index contributed by atoms with van der Waals surface area (Å²) in [5.41, 5.74) is 0.962. The molecule has 1 aliphatic rings. The lowest BCUT2D eigenvalue weighted by molar-refractivity contribution is -0.102. The maximum Gasteiger partial charge on any atom is 0.126 e. The summed E-state index contributed by atoms with van der Waals surface area (Å²) in [5, 5.41) is 9.63. The van der Waals surface area contributed by atoms with Crippen LogP contribution in [0.25, 0.3) is 0 Å². The highest BCUT2D eigenvalue weighted by atomic mass is 16.5. The van der Waals surface area contributed by atoms with Crippen LogP contribution in [0.2, 0.25) is 0 Å². The summed E-state index contributed by atoms with van der Waals surface area (Å²) in [6.07, 6.45) is 0.912. The normalized spacial score (nSPS) is 18.5. The number of aliphatic hydroxyl groups is 1. The van der Waals surface area contributed by atoms with Crippen molar-refractivity contribution in [3.05, 3.63) is 23.8 Å². The molecule has 1 aromatic rings. The quantitative estimate of drug-likeness (QED) is 0.855. The molecule has 2 rings (SSSR count). The van der Waals surface area contributed by atoms with E-state index in [4.69, 9.17) is 14.2 Å². The van der Waals surface area contributed by atoms with E-state index in [9.17, 15) is 5.11 Å². The Hall–Kier alpha value is -1.26. The second-order valence-corrected chi connectivity index (χ2v) is 5.00. The lowest BCUT2D eigenvalue weighted by Crippen LogP contribution is -2.53. The topological polar surface area (TPSA) is 47.9 Å². The molecule has 4 nitrogen and oxygen atoms in total. The second kappa shape index (κ2) is 5.80. The Kier molecular flexibility index (Phi) is 4.32. The summed E-state index contributed by atoms with van der Waals surface area (Å²) in [7, 11) is 3.30. The Morgan fingerprint density at radius 2 is 2.05 bits per heavy atom. The van der Waals surface area contributed by atoms with Gasteiger partial charge in [0, 0.05) is 18.2 Å². The first kappa shape index (κ1) is 14.2. The third-order valence-electron chi connectivity index (χ3n) is 4.16. The van der Waals surface area contributed by atoms with Gasteiger partial charge in [-0.05, 0) is 12.0 Å². The minimum Gasteiger partial charge on any atom is -0.497 e. The predicted octanol–water partition coefficient (Wildman–Crippen LogP) is 1.99. The number of methoxy groups -OCH3 is 2. The van der Waals surface area contributed by atoms with Gasteiger partial charge in [-0.15, -0.1) is 0 Å². The van der Waals surface area contributed by atoms with E-state index < -0.39 is 0 Å². The highest BCUT2D eigenvalue weighted by Gasteiger charge is 2.47. The Morgan fingerprint density at radius 3 is 2.47 bits per heavy atom. The van der Waals surface area contributed by atoms with E-state index in [0.29, 0.717) is 13.2 Å². The number of hydrogen-bond donors (Lipinski definition) is 1. The molecule has 0 radical (unpaired) electrons. The summed E-state index contributed by atoms with van der Waals surface area (Å²) < 4.78 is 16.2. The van der Waals surface area contributed by atoms with Gasteiger partial charge in [0.2, 0.25) is 0 Å². The highest BCUT2D eigenvalue weighted by molar-refractivity contribution is 5.46. The lowest BCUT2D eigenvalue weighted by Gasteiger charge is -2.47. The van der Waals surface area contributed by atoms with Gasteiger partial charge in [0.1, 0.15) is 11.5 Å². The van der Waals surface area contributed by atoms with E-state index in [1.807, 2.05) is 18.2 Å². The van der Waals surface area contributed by atoms with Gasteiger partial charge in [-0.2, -0.15) is 0 Å². The third-order valence-corrected chi connectivity index (χ3v) is 4.16. The highest BCUT2D eigenvalue weighted by Crippen LogP contribution is 2.45. The summed E-state index contributed by atoms with van der Waals surface area (Å²) in [5.74, 6) is 1.76. The molecule has 0 aromatic heterocycles. The zero-order valence-electron chi connectivity index (χ0n) is 11.8. The first-order valence-electron chi connectivity index (χ1n) is 6.63. The molecular formula is C15H22O4. The lowest BCUT2D eigenvalue weighted by atomic mass is 9.67. The van der Waals surface area contributed by atoms with Crippen LogP contribution < -0.4 is 9.47 Å². The molecule has 0 amide bonds. The summed E-state index contributed by atoms with van der Waals surface area (Å²) in [6, 6.07) is 5.85. The molecule has 0 saturated carbocycles. The summed E-state index contributed by atoms with van der Waals surface area (Å²) >= 11 is 0. The van der Waals surface area contributed by atoms with E-state index in [2.05, 4.69) is 6.92 Å². The largest absolute Gasteiger partial charge is 0.497 e. The molecule has 1 unspecified atom stereocenters. The first-order valence-corrected chi connectivity index (χ1v) is 6.63. The smallest absolute Gasteiger partial charge is 0.126 e. The van der Waals surface area contributed by atoms with Crippen LogP contribution in [-0.4, -0.2) is 39.1 Å². The van der Waals surface area contributed by atoms with E-state index in [-0.39, 0.29) is 17.9 Å². The molecule has 1 aromatic carbocycles. The molecule has 0 bridgehead atoms. The molecule has 0 aliphatic carbocycles. The predicted molar refractivity (Wildman–Crippen MR) is 72.9 cm³/mol. The molecule has 1 atom stereocenters. The second-order valence-electron chi connectivity index (χ2n) is 5.00. The third kappa shape index (κ3) is 2.30. The van der Waals surface area contributed by atoms with Crippen LogP contribution in [0.15, 0.2) is 18.2 Å². The number of ether oxygens (including phenoxy) is 3. The zero-order chi connectivity index (χ0) is 13.9. The van der Waals surface area contributed by atoms with Gasteiger partial charge in [-0.3, -0.25) is 0 Å². The van der Waals surface area contributed by atoms with Crippen molar-refractivity contribution >= 4 is 0 Å². The van der Waals surface area contributed by atoms with Gasteiger partial charge in [-0.25, -0.2) is 0 Å². The summed E-state index contributed by atoms with van der Waals surface area (Å²) in [6.45, 7) is 3.52. The van der Waals surface area contributed by atoms with Crippen LogP contribution in [0, 0.1) is 5.92 Å². The van der Waals surface area contributed by atoms with Gasteiger partial charge in [0.15, 0.2) is 0 Å². The van der Waals surface area contributed by atoms with Crippen LogP contribution in [0.1, 0.15) is 18.9 Å². The van der Waals surface area contributed by atoms with Gasteiger partial charge in [0.05, 0.1) is 32.8 Å². The number of benzene rings is 1. The fourth-order valence-electron chi connectivity index (χ4n) is 2.84. The van der Waals surface area contributed by atoms with Crippen LogP contribution in [-0.2, 0) is 10.2 Å². The molecule has 4 heteroatoms.